The topological polar surface area (TPSA) is 48.0 Å². The third-order valence-corrected chi connectivity index (χ3v) is 8.19. The zero-order valence-electron chi connectivity index (χ0n) is 21.8. The van der Waals surface area contributed by atoms with Crippen LogP contribution < -0.4 is 14.2 Å². The molecule has 0 N–H and O–H groups in total. The SMILES string of the molecule is COc1ccc2c(C(=O)c3ccc(OCCCN4CCCCC4)cc3)c(-c3ccc(OC)c(F)c3)sc2c1. The van der Waals surface area contributed by atoms with Gasteiger partial charge in [0.15, 0.2) is 17.3 Å². The molecule has 198 valence electrons. The van der Waals surface area contributed by atoms with Crippen LogP contribution in [0.25, 0.3) is 20.5 Å². The quantitative estimate of drug-likeness (QED) is 0.159. The van der Waals surface area contributed by atoms with Gasteiger partial charge in [0.25, 0.3) is 0 Å². The molecule has 0 amide bonds. The Morgan fingerprint density at radius 2 is 1.68 bits per heavy atom. The number of ketones is 1. The number of likely N-dealkylation sites (tertiary alicyclic amines) is 1. The van der Waals surface area contributed by atoms with Gasteiger partial charge < -0.3 is 19.1 Å². The van der Waals surface area contributed by atoms with Crippen LogP contribution in [0.5, 0.6) is 17.2 Å². The molecule has 0 unspecified atom stereocenters. The van der Waals surface area contributed by atoms with Crippen LogP contribution in [0.15, 0.2) is 60.7 Å². The zero-order chi connectivity index (χ0) is 26.5. The molecular weight excluding hydrogens is 501 g/mol. The van der Waals surface area contributed by atoms with Crippen molar-refractivity contribution < 1.29 is 23.4 Å². The smallest absolute Gasteiger partial charge is 0.195 e. The van der Waals surface area contributed by atoms with Crippen molar-refractivity contribution in [1.82, 2.24) is 4.90 Å². The van der Waals surface area contributed by atoms with Crippen LogP contribution in [0, 0.1) is 5.82 Å². The van der Waals surface area contributed by atoms with Gasteiger partial charge in [-0.25, -0.2) is 4.39 Å². The Morgan fingerprint density at radius 1 is 0.921 bits per heavy atom. The summed E-state index contributed by atoms with van der Waals surface area (Å²) < 4.78 is 31.9. The minimum absolute atomic E-state index is 0.121. The Kier molecular flexibility index (Phi) is 8.25. The number of carbonyl (C=O) groups is 1. The van der Waals surface area contributed by atoms with Gasteiger partial charge in [0.05, 0.1) is 20.8 Å². The Bertz CT molecular complexity index is 1410. The molecule has 5 rings (SSSR count). The Morgan fingerprint density at radius 3 is 2.39 bits per heavy atom. The summed E-state index contributed by atoms with van der Waals surface area (Å²) in [6.07, 6.45) is 4.90. The number of halogens is 1. The number of piperidine rings is 1. The molecule has 0 spiro atoms. The van der Waals surface area contributed by atoms with Gasteiger partial charge >= 0.3 is 0 Å². The number of hydrogen-bond donors (Lipinski definition) is 0. The summed E-state index contributed by atoms with van der Waals surface area (Å²) in [5.41, 5.74) is 1.73. The second-order valence-corrected chi connectivity index (χ2v) is 10.5. The first kappa shape index (κ1) is 26.2. The molecule has 0 saturated carbocycles. The fourth-order valence-corrected chi connectivity index (χ4v) is 6.17. The van der Waals surface area contributed by atoms with E-state index in [0.29, 0.717) is 33.9 Å². The van der Waals surface area contributed by atoms with Gasteiger partial charge in [-0.3, -0.25) is 4.79 Å². The molecule has 3 aromatic carbocycles. The third kappa shape index (κ3) is 5.69. The highest BCUT2D eigenvalue weighted by Crippen LogP contribution is 2.42. The predicted molar refractivity (Wildman–Crippen MR) is 151 cm³/mol. The number of ether oxygens (including phenoxy) is 3. The molecule has 1 fully saturated rings. The molecule has 0 radical (unpaired) electrons. The maximum atomic E-state index is 14.6. The highest BCUT2D eigenvalue weighted by Gasteiger charge is 2.23. The second kappa shape index (κ2) is 12.0. The maximum Gasteiger partial charge on any atom is 0.195 e. The van der Waals surface area contributed by atoms with Crippen LogP contribution in [-0.4, -0.2) is 51.1 Å². The van der Waals surface area contributed by atoms with Crippen molar-refractivity contribution in [3.8, 4) is 27.7 Å². The molecule has 0 aliphatic carbocycles. The van der Waals surface area contributed by atoms with E-state index in [1.807, 2.05) is 30.3 Å². The Balaban J connectivity index is 1.38. The van der Waals surface area contributed by atoms with Gasteiger partial charge in [-0.15, -0.1) is 11.3 Å². The van der Waals surface area contributed by atoms with Crippen molar-refractivity contribution in [2.45, 2.75) is 25.7 Å². The molecule has 0 atom stereocenters. The van der Waals surface area contributed by atoms with Crippen molar-refractivity contribution in [3.63, 3.8) is 0 Å². The van der Waals surface area contributed by atoms with E-state index >= 15 is 0 Å². The standard InChI is InChI=1S/C31H32FNO4S/c1-35-24-12-13-25-28(20-24)38-31(22-9-14-27(36-2)26(32)19-22)29(25)30(34)21-7-10-23(11-8-21)37-18-6-17-33-15-4-3-5-16-33/h7-14,19-20H,3-6,15-18H2,1-2H3. The lowest BCUT2D eigenvalue weighted by Gasteiger charge is -2.26. The molecule has 2 heterocycles. The van der Waals surface area contributed by atoms with Crippen molar-refractivity contribution in [2.75, 3.05) is 40.5 Å². The monoisotopic (exact) mass is 533 g/mol. The van der Waals surface area contributed by atoms with E-state index in [4.69, 9.17) is 14.2 Å². The average Bonchev–Trinajstić information content (AvgIpc) is 3.34. The van der Waals surface area contributed by atoms with Crippen LogP contribution in [0.2, 0.25) is 0 Å². The van der Waals surface area contributed by atoms with Gasteiger partial charge in [-0.1, -0.05) is 6.42 Å². The van der Waals surface area contributed by atoms with E-state index in [-0.39, 0.29) is 11.5 Å². The van der Waals surface area contributed by atoms with Gasteiger partial charge in [0.1, 0.15) is 11.5 Å². The van der Waals surface area contributed by atoms with Crippen LogP contribution in [0.3, 0.4) is 0 Å². The summed E-state index contributed by atoms with van der Waals surface area (Å²) in [7, 11) is 3.04. The first-order valence-electron chi connectivity index (χ1n) is 13.0. The summed E-state index contributed by atoms with van der Waals surface area (Å²) in [6.45, 7) is 4.08. The first-order chi connectivity index (χ1) is 18.6. The van der Waals surface area contributed by atoms with Crippen LogP contribution in [-0.2, 0) is 0 Å². The van der Waals surface area contributed by atoms with Crippen LogP contribution in [0.1, 0.15) is 41.6 Å². The van der Waals surface area contributed by atoms with Gasteiger partial charge in [-0.2, -0.15) is 0 Å². The summed E-state index contributed by atoms with van der Waals surface area (Å²) >= 11 is 1.44. The van der Waals surface area contributed by atoms with E-state index in [9.17, 15) is 9.18 Å². The van der Waals surface area contributed by atoms with Crippen molar-refractivity contribution in [1.29, 1.82) is 0 Å². The van der Waals surface area contributed by atoms with E-state index < -0.39 is 5.82 Å². The van der Waals surface area contributed by atoms with E-state index in [0.717, 1.165) is 28.8 Å². The molecule has 4 aromatic rings. The molecule has 1 saturated heterocycles. The van der Waals surface area contributed by atoms with Crippen molar-refractivity contribution in [3.05, 3.63) is 77.6 Å². The molecule has 7 heteroatoms. The molecule has 0 bridgehead atoms. The number of methoxy groups -OCH3 is 2. The molecule has 1 aliphatic heterocycles. The number of fused-ring (bicyclic) bond motifs is 1. The van der Waals surface area contributed by atoms with Gasteiger partial charge in [0, 0.05) is 32.6 Å². The minimum Gasteiger partial charge on any atom is -0.497 e. The minimum atomic E-state index is -0.472. The second-order valence-electron chi connectivity index (χ2n) is 9.48. The molecular formula is C31H32FNO4S. The summed E-state index contributed by atoms with van der Waals surface area (Å²) in [6, 6.07) is 17.7. The molecule has 38 heavy (non-hydrogen) atoms. The highest BCUT2D eigenvalue weighted by molar-refractivity contribution is 7.22. The number of thiophene rings is 1. The maximum absolute atomic E-state index is 14.6. The Hall–Kier alpha value is -3.42. The van der Waals surface area contributed by atoms with Crippen LogP contribution in [0.4, 0.5) is 4.39 Å². The third-order valence-electron chi connectivity index (χ3n) is 6.99. The number of benzene rings is 3. The lowest BCUT2D eigenvalue weighted by atomic mass is 9.97. The van der Waals surface area contributed by atoms with E-state index in [1.165, 1.54) is 56.9 Å². The predicted octanol–water partition coefficient (Wildman–Crippen LogP) is 7.21. The van der Waals surface area contributed by atoms with Gasteiger partial charge in [0.2, 0.25) is 0 Å². The molecule has 5 nitrogen and oxygen atoms in total. The normalized spacial score (nSPS) is 14.0. The Labute approximate surface area is 226 Å². The number of carbonyl (C=O) groups excluding carboxylic acids is 1. The van der Waals surface area contributed by atoms with Gasteiger partial charge in [-0.05, 0) is 98.6 Å². The fraction of sp³-hybridized carbons (Fsp3) is 0.323. The van der Waals surface area contributed by atoms with E-state index in [1.54, 1.807) is 31.4 Å². The summed E-state index contributed by atoms with van der Waals surface area (Å²) in [5, 5.41) is 0.810. The summed E-state index contributed by atoms with van der Waals surface area (Å²) in [5.74, 6) is 1.02. The number of rotatable bonds is 10. The molecule has 1 aliphatic rings. The number of nitrogens with zero attached hydrogens (tertiary/aromatic N) is 1. The molecule has 1 aromatic heterocycles. The lowest BCUT2D eigenvalue weighted by Crippen LogP contribution is -2.31. The van der Waals surface area contributed by atoms with E-state index in [2.05, 4.69) is 4.90 Å². The zero-order valence-corrected chi connectivity index (χ0v) is 22.6. The summed E-state index contributed by atoms with van der Waals surface area (Å²) in [4.78, 5) is 17.0. The van der Waals surface area contributed by atoms with Crippen molar-refractivity contribution in [2.24, 2.45) is 0 Å². The largest absolute Gasteiger partial charge is 0.497 e. The fourth-order valence-electron chi connectivity index (χ4n) is 4.95. The number of hydrogen-bond acceptors (Lipinski definition) is 6. The van der Waals surface area contributed by atoms with Crippen LogP contribution >= 0.6 is 11.3 Å². The lowest BCUT2D eigenvalue weighted by molar-refractivity contribution is 0.104. The first-order valence-corrected chi connectivity index (χ1v) is 13.8. The highest BCUT2D eigenvalue weighted by atomic mass is 32.1. The average molecular weight is 534 g/mol. The van der Waals surface area contributed by atoms with Crippen molar-refractivity contribution >= 4 is 27.2 Å².